The van der Waals surface area contributed by atoms with Crippen LogP contribution in [0.5, 0.6) is 11.7 Å². The molecule has 0 fully saturated rings. The molecular weight excluding hydrogens is 306 g/mol. The van der Waals surface area contributed by atoms with Crippen LogP contribution in [0.2, 0.25) is 0 Å². The maximum absolute atomic E-state index is 12.1. The number of carbonyl (C=O) groups is 1. The van der Waals surface area contributed by atoms with Gasteiger partial charge in [0.15, 0.2) is 13.0 Å². The van der Waals surface area contributed by atoms with Gasteiger partial charge in [0.25, 0.3) is 5.03 Å². The fourth-order valence-electron chi connectivity index (χ4n) is 1.70. The summed E-state index contributed by atoms with van der Waals surface area (Å²) in [4.78, 5) is 12.1. The lowest BCUT2D eigenvalue weighted by molar-refractivity contribution is -0.772. The van der Waals surface area contributed by atoms with Gasteiger partial charge in [-0.25, -0.2) is 0 Å². The average Bonchev–Trinajstić information content (AvgIpc) is 2.81. The Morgan fingerprint density at radius 1 is 1.50 bits per heavy atom. The first-order chi connectivity index (χ1) is 10.5. The highest BCUT2D eigenvalue weighted by Gasteiger charge is 2.22. The first kappa shape index (κ1) is 16.2. The number of hydrogen-bond acceptors (Lipinski definition) is 6. The van der Waals surface area contributed by atoms with Crippen molar-refractivity contribution in [2.24, 2.45) is 7.05 Å². The molecule has 0 saturated carbocycles. The summed E-state index contributed by atoms with van der Waals surface area (Å²) >= 11 is 1.10. The average molecular weight is 323 g/mol. The molecule has 0 bridgehead atoms. The molecular formula is C14H17N3O4S. The normalized spacial score (nSPS) is 12.0. The molecule has 1 unspecified atom stereocenters. The number of rotatable bonds is 6. The summed E-state index contributed by atoms with van der Waals surface area (Å²) in [5.74, 6) is -0.0154. The van der Waals surface area contributed by atoms with E-state index in [0.717, 1.165) is 17.5 Å². The lowest BCUT2D eigenvalue weighted by Crippen LogP contribution is -2.33. The molecule has 1 heterocycles. The monoisotopic (exact) mass is 323 g/mol. The van der Waals surface area contributed by atoms with E-state index in [1.165, 1.54) is 4.68 Å². The molecule has 0 spiro atoms. The van der Waals surface area contributed by atoms with E-state index in [9.17, 15) is 9.90 Å². The van der Waals surface area contributed by atoms with Crippen molar-refractivity contribution in [3.05, 3.63) is 24.3 Å². The summed E-state index contributed by atoms with van der Waals surface area (Å²) < 4.78 is 11.2. The molecule has 22 heavy (non-hydrogen) atoms. The highest BCUT2D eigenvalue weighted by molar-refractivity contribution is 8.00. The van der Waals surface area contributed by atoms with Crippen molar-refractivity contribution in [1.29, 1.82) is 0 Å². The van der Waals surface area contributed by atoms with E-state index in [1.54, 1.807) is 38.2 Å². The Morgan fingerprint density at radius 3 is 2.73 bits per heavy atom. The van der Waals surface area contributed by atoms with Crippen LogP contribution in [0, 0.1) is 0 Å². The quantitative estimate of drug-likeness (QED) is 0.632. The molecule has 1 aromatic heterocycles. The summed E-state index contributed by atoms with van der Waals surface area (Å²) in [6.45, 7) is 4.21. The SMILES string of the molecule is CCOc1ccc(NC(=O)C(C)Sc2c([O-])on[n+]2C)cc1. The van der Waals surface area contributed by atoms with E-state index in [0.29, 0.717) is 12.3 Å². The maximum Gasteiger partial charge on any atom is 0.291 e. The Bertz CT molecular complexity index is 623. The lowest BCUT2D eigenvalue weighted by Gasteiger charge is -2.10. The molecule has 2 aromatic rings. The lowest BCUT2D eigenvalue weighted by atomic mass is 10.3. The van der Waals surface area contributed by atoms with Crippen LogP contribution in [0.15, 0.2) is 33.8 Å². The second-order valence-corrected chi connectivity index (χ2v) is 5.83. The van der Waals surface area contributed by atoms with Crippen molar-refractivity contribution in [1.82, 2.24) is 5.27 Å². The van der Waals surface area contributed by atoms with Crippen LogP contribution >= 0.6 is 11.8 Å². The molecule has 2 rings (SSSR count). The number of nitrogens with zero attached hydrogens (tertiary/aromatic N) is 2. The third kappa shape index (κ3) is 3.91. The van der Waals surface area contributed by atoms with Crippen molar-refractivity contribution in [2.75, 3.05) is 11.9 Å². The number of thioether (sulfide) groups is 1. The number of anilines is 1. The molecule has 118 valence electrons. The van der Waals surface area contributed by atoms with E-state index < -0.39 is 11.2 Å². The Balaban J connectivity index is 1.96. The minimum absolute atomic E-state index is 0.213. The number of benzene rings is 1. The predicted octanol–water partition coefficient (Wildman–Crippen LogP) is 1.09. The topological polar surface area (TPSA) is 91.3 Å². The van der Waals surface area contributed by atoms with Gasteiger partial charge in [-0.05, 0) is 49.9 Å². The van der Waals surface area contributed by atoms with Gasteiger partial charge in [0.1, 0.15) is 5.75 Å². The van der Waals surface area contributed by atoms with Crippen LogP contribution in [-0.4, -0.2) is 23.0 Å². The number of aromatic nitrogens is 2. The summed E-state index contributed by atoms with van der Waals surface area (Å²) in [5, 5.41) is 17.5. The molecule has 7 nitrogen and oxygen atoms in total. The van der Waals surface area contributed by atoms with Gasteiger partial charge in [0.2, 0.25) is 5.91 Å². The fourth-order valence-corrected chi connectivity index (χ4v) is 2.52. The first-order valence-electron chi connectivity index (χ1n) is 6.74. The molecule has 1 N–H and O–H groups in total. The molecule has 0 aliphatic carbocycles. The van der Waals surface area contributed by atoms with Gasteiger partial charge in [0, 0.05) is 5.69 Å². The van der Waals surface area contributed by atoms with E-state index >= 15 is 0 Å². The predicted molar refractivity (Wildman–Crippen MR) is 78.7 cm³/mol. The highest BCUT2D eigenvalue weighted by atomic mass is 32.2. The van der Waals surface area contributed by atoms with Crippen molar-refractivity contribution in [3.8, 4) is 11.7 Å². The molecule has 1 atom stereocenters. The molecule has 0 radical (unpaired) electrons. The zero-order chi connectivity index (χ0) is 16.1. The zero-order valence-corrected chi connectivity index (χ0v) is 13.3. The van der Waals surface area contributed by atoms with Gasteiger partial charge >= 0.3 is 0 Å². The third-order valence-corrected chi connectivity index (χ3v) is 4.03. The number of amides is 1. The smallest absolute Gasteiger partial charge is 0.291 e. The van der Waals surface area contributed by atoms with E-state index in [4.69, 9.17) is 4.74 Å². The minimum atomic E-state index is -0.548. The number of nitrogens with one attached hydrogen (secondary N) is 1. The minimum Gasteiger partial charge on any atom is -0.538 e. The van der Waals surface area contributed by atoms with Gasteiger partial charge in [-0.2, -0.15) is 0 Å². The first-order valence-corrected chi connectivity index (χ1v) is 7.62. The number of ether oxygens (including phenoxy) is 1. The van der Waals surface area contributed by atoms with Gasteiger partial charge in [-0.3, -0.25) is 4.79 Å². The van der Waals surface area contributed by atoms with Crippen LogP contribution in [0.25, 0.3) is 0 Å². The molecule has 0 aliphatic heterocycles. The fraction of sp³-hybridized carbons (Fsp3) is 0.357. The van der Waals surface area contributed by atoms with Gasteiger partial charge in [0.05, 0.1) is 17.1 Å². The van der Waals surface area contributed by atoms with Gasteiger partial charge in [-0.1, -0.05) is 4.68 Å². The Hall–Kier alpha value is -2.22. The van der Waals surface area contributed by atoms with E-state index in [-0.39, 0.29) is 10.9 Å². The van der Waals surface area contributed by atoms with Crippen LogP contribution < -0.4 is 19.8 Å². The second kappa shape index (κ2) is 7.17. The molecule has 8 heteroatoms. The molecule has 1 amide bonds. The van der Waals surface area contributed by atoms with Crippen LogP contribution in [-0.2, 0) is 11.8 Å². The van der Waals surface area contributed by atoms with E-state index in [1.807, 2.05) is 6.92 Å². The van der Waals surface area contributed by atoms with Crippen molar-refractivity contribution in [2.45, 2.75) is 24.1 Å². The highest BCUT2D eigenvalue weighted by Crippen LogP contribution is 2.26. The third-order valence-electron chi connectivity index (χ3n) is 2.81. The van der Waals surface area contributed by atoms with Crippen molar-refractivity contribution >= 4 is 23.4 Å². The zero-order valence-electron chi connectivity index (χ0n) is 12.5. The molecule has 0 aliphatic rings. The van der Waals surface area contributed by atoms with Gasteiger partial charge in [-0.15, -0.1) is 0 Å². The standard InChI is InChI=1S/C14H17N3O4S/c1-4-20-11-7-5-10(6-8-11)15-12(18)9(2)22-13-14(19)21-16-17(13)3/h5-9H,4H2,1-3H3,(H-,15,16,18,19). The Morgan fingerprint density at radius 2 is 2.18 bits per heavy atom. The number of aryl methyl sites for hydroxylation is 1. The van der Waals surface area contributed by atoms with E-state index in [2.05, 4.69) is 15.1 Å². The van der Waals surface area contributed by atoms with Crippen LogP contribution in [0.3, 0.4) is 0 Å². The largest absolute Gasteiger partial charge is 0.538 e. The van der Waals surface area contributed by atoms with Gasteiger partial charge < -0.3 is 19.7 Å². The van der Waals surface area contributed by atoms with Crippen molar-refractivity contribution < 1.29 is 23.8 Å². The second-order valence-electron chi connectivity index (χ2n) is 4.50. The molecule has 0 saturated heterocycles. The van der Waals surface area contributed by atoms with Crippen LogP contribution in [0.4, 0.5) is 5.69 Å². The molecule has 1 aromatic carbocycles. The summed E-state index contributed by atoms with van der Waals surface area (Å²) in [6.07, 6.45) is 0. The number of carbonyl (C=O) groups excluding carboxylic acids is 1. The number of hydrogen-bond donors (Lipinski definition) is 1. The van der Waals surface area contributed by atoms with Crippen molar-refractivity contribution in [3.63, 3.8) is 0 Å². The summed E-state index contributed by atoms with van der Waals surface area (Å²) in [7, 11) is 1.59. The summed E-state index contributed by atoms with van der Waals surface area (Å²) in [6, 6.07) is 7.09. The summed E-state index contributed by atoms with van der Waals surface area (Å²) in [5.41, 5.74) is 0.665. The van der Waals surface area contributed by atoms with Crippen LogP contribution in [0.1, 0.15) is 13.8 Å². The maximum atomic E-state index is 12.1. The Kier molecular flexibility index (Phi) is 5.26. The Labute approximate surface area is 132 Å².